The molecule has 1 heterocycles. The van der Waals surface area contributed by atoms with Gasteiger partial charge in [0.1, 0.15) is 6.23 Å². The SMILES string of the molecule is C[C@@]1(N)C=Cc2ccccc2NC1O. The Labute approximate surface area is 83.2 Å². The van der Waals surface area contributed by atoms with Crippen LogP contribution in [0, 0.1) is 0 Å². The molecule has 0 saturated heterocycles. The van der Waals surface area contributed by atoms with Gasteiger partial charge in [0.2, 0.25) is 0 Å². The van der Waals surface area contributed by atoms with Crippen molar-refractivity contribution >= 4 is 11.8 Å². The fraction of sp³-hybridized carbons (Fsp3) is 0.273. The third-order valence-electron chi connectivity index (χ3n) is 2.46. The number of aliphatic hydroxyl groups is 1. The van der Waals surface area contributed by atoms with Crippen molar-refractivity contribution < 1.29 is 5.11 Å². The van der Waals surface area contributed by atoms with Crippen molar-refractivity contribution in [3.05, 3.63) is 35.9 Å². The van der Waals surface area contributed by atoms with Crippen molar-refractivity contribution in [2.45, 2.75) is 18.7 Å². The molecule has 0 bridgehead atoms. The standard InChI is InChI=1S/C11H14N2O/c1-11(12)7-6-8-4-2-3-5-9(8)13-10(11)14/h2-7,10,13-14H,12H2,1H3/t10?,11-/m1/s1. The van der Waals surface area contributed by atoms with E-state index in [0.29, 0.717) is 0 Å². The predicted molar refractivity (Wildman–Crippen MR) is 57.7 cm³/mol. The third-order valence-corrected chi connectivity index (χ3v) is 2.46. The van der Waals surface area contributed by atoms with Crippen LogP contribution in [0.3, 0.4) is 0 Å². The van der Waals surface area contributed by atoms with Gasteiger partial charge in [-0.15, -0.1) is 0 Å². The van der Waals surface area contributed by atoms with Gasteiger partial charge in [-0.3, -0.25) is 0 Å². The highest BCUT2D eigenvalue weighted by Gasteiger charge is 2.27. The van der Waals surface area contributed by atoms with Gasteiger partial charge >= 0.3 is 0 Å². The zero-order chi connectivity index (χ0) is 10.2. The molecule has 3 heteroatoms. The van der Waals surface area contributed by atoms with Crippen LogP contribution >= 0.6 is 0 Å². The maximum atomic E-state index is 9.78. The second-order valence-electron chi connectivity index (χ2n) is 3.83. The summed E-state index contributed by atoms with van der Waals surface area (Å²) in [7, 11) is 0. The van der Waals surface area contributed by atoms with E-state index in [0.717, 1.165) is 11.3 Å². The van der Waals surface area contributed by atoms with Gasteiger partial charge in [0.25, 0.3) is 0 Å². The number of nitrogens with one attached hydrogen (secondary N) is 1. The average Bonchev–Trinajstić information content (AvgIpc) is 2.26. The summed E-state index contributed by atoms with van der Waals surface area (Å²) < 4.78 is 0. The zero-order valence-corrected chi connectivity index (χ0v) is 8.07. The zero-order valence-electron chi connectivity index (χ0n) is 8.07. The fourth-order valence-corrected chi connectivity index (χ4v) is 1.44. The van der Waals surface area contributed by atoms with Crippen LogP contribution in [0.2, 0.25) is 0 Å². The van der Waals surface area contributed by atoms with E-state index in [9.17, 15) is 5.11 Å². The Balaban J connectivity index is 2.44. The van der Waals surface area contributed by atoms with Gasteiger partial charge in [-0.1, -0.05) is 30.4 Å². The lowest BCUT2D eigenvalue weighted by atomic mass is 10.0. The summed E-state index contributed by atoms with van der Waals surface area (Å²) in [6.07, 6.45) is 2.98. The summed E-state index contributed by atoms with van der Waals surface area (Å²) in [5.41, 5.74) is 7.11. The summed E-state index contributed by atoms with van der Waals surface area (Å²) in [4.78, 5) is 0. The first-order chi connectivity index (χ1) is 6.59. The van der Waals surface area contributed by atoms with E-state index in [1.165, 1.54) is 0 Å². The van der Waals surface area contributed by atoms with Gasteiger partial charge in [-0.05, 0) is 18.6 Å². The molecule has 0 fully saturated rings. The second-order valence-corrected chi connectivity index (χ2v) is 3.83. The van der Waals surface area contributed by atoms with E-state index in [1.807, 2.05) is 36.4 Å². The van der Waals surface area contributed by atoms with Gasteiger partial charge in [-0.2, -0.15) is 0 Å². The predicted octanol–water partition coefficient (Wildman–Crippen LogP) is 1.16. The Hall–Kier alpha value is -1.32. The highest BCUT2D eigenvalue weighted by Crippen LogP contribution is 2.24. The lowest BCUT2D eigenvalue weighted by Gasteiger charge is -2.26. The van der Waals surface area contributed by atoms with Crippen LogP contribution in [0.1, 0.15) is 12.5 Å². The number of anilines is 1. The molecule has 2 rings (SSSR count). The van der Waals surface area contributed by atoms with Crippen LogP contribution in [0.25, 0.3) is 6.08 Å². The lowest BCUT2D eigenvalue weighted by molar-refractivity contribution is 0.146. The van der Waals surface area contributed by atoms with Crippen LogP contribution in [-0.4, -0.2) is 16.9 Å². The molecule has 1 unspecified atom stereocenters. The highest BCUT2D eigenvalue weighted by molar-refractivity contribution is 5.69. The number of para-hydroxylation sites is 1. The molecule has 0 amide bonds. The van der Waals surface area contributed by atoms with Crippen molar-refractivity contribution in [2.75, 3.05) is 5.32 Å². The number of fused-ring (bicyclic) bond motifs is 1. The van der Waals surface area contributed by atoms with Crippen molar-refractivity contribution in [3.63, 3.8) is 0 Å². The molecule has 74 valence electrons. The van der Waals surface area contributed by atoms with E-state index >= 15 is 0 Å². The van der Waals surface area contributed by atoms with Crippen molar-refractivity contribution in [3.8, 4) is 0 Å². The number of nitrogens with two attached hydrogens (primary N) is 1. The third kappa shape index (κ3) is 1.52. The molecule has 1 aliphatic rings. The summed E-state index contributed by atoms with van der Waals surface area (Å²) in [6.45, 7) is 1.78. The van der Waals surface area contributed by atoms with Crippen LogP contribution in [0.4, 0.5) is 5.69 Å². The monoisotopic (exact) mass is 190 g/mol. The molecule has 0 radical (unpaired) electrons. The van der Waals surface area contributed by atoms with E-state index in [4.69, 9.17) is 5.73 Å². The molecule has 1 aromatic rings. The Morgan fingerprint density at radius 3 is 2.93 bits per heavy atom. The molecular weight excluding hydrogens is 176 g/mol. The van der Waals surface area contributed by atoms with Crippen LogP contribution in [-0.2, 0) is 0 Å². The molecule has 4 N–H and O–H groups in total. The van der Waals surface area contributed by atoms with E-state index in [1.54, 1.807) is 6.92 Å². The van der Waals surface area contributed by atoms with Gasteiger partial charge < -0.3 is 16.2 Å². The first kappa shape index (κ1) is 9.24. The molecule has 0 spiro atoms. The number of rotatable bonds is 0. The van der Waals surface area contributed by atoms with Gasteiger partial charge in [0.05, 0.1) is 5.54 Å². The Morgan fingerprint density at radius 1 is 1.43 bits per heavy atom. The lowest BCUT2D eigenvalue weighted by Crippen LogP contribution is -2.49. The maximum absolute atomic E-state index is 9.78. The Kier molecular flexibility index (Phi) is 2.06. The number of hydrogen-bond donors (Lipinski definition) is 3. The van der Waals surface area contributed by atoms with E-state index in [2.05, 4.69) is 5.32 Å². The van der Waals surface area contributed by atoms with Crippen LogP contribution in [0.15, 0.2) is 30.3 Å². The molecule has 2 atom stereocenters. The Bertz CT molecular complexity index is 371. The number of hydrogen-bond acceptors (Lipinski definition) is 3. The molecule has 3 nitrogen and oxygen atoms in total. The summed E-state index contributed by atoms with van der Waals surface area (Å²) in [5, 5.41) is 12.8. The van der Waals surface area contributed by atoms with Crippen molar-refractivity contribution in [2.24, 2.45) is 5.73 Å². The fourth-order valence-electron chi connectivity index (χ4n) is 1.44. The summed E-state index contributed by atoms with van der Waals surface area (Å²) in [5.74, 6) is 0. The average molecular weight is 190 g/mol. The molecule has 0 aromatic heterocycles. The smallest absolute Gasteiger partial charge is 0.146 e. The highest BCUT2D eigenvalue weighted by atomic mass is 16.3. The van der Waals surface area contributed by atoms with E-state index < -0.39 is 11.8 Å². The maximum Gasteiger partial charge on any atom is 0.146 e. The van der Waals surface area contributed by atoms with Gasteiger partial charge in [0, 0.05) is 5.69 Å². The molecule has 1 aliphatic heterocycles. The summed E-state index contributed by atoms with van der Waals surface area (Å²) in [6, 6.07) is 7.78. The van der Waals surface area contributed by atoms with Crippen LogP contribution < -0.4 is 11.1 Å². The topological polar surface area (TPSA) is 58.3 Å². The Morgan fingerprint density at radius 2 is 2.14 bits per heavy atom. The van der Waals surface area contributed by atoms with E-state index in [-0.39, 0.29) is 0 Å². The van der Waals surface area contributed by atoms with Crippen molar-refractivity contribution in [1.29, 1.82) is 0 Å². The molecule has 0 aliphatic carbocycles. The normalized spacial score (nSPS) is 30.4. The van der Waals surface area contributed by atoms with Gasteiger partial charge in [0.15, 0.2) is 0 Å². The number of benzene rings is 1. The van der Waals surface area contributed by atoms with Gasteiger partial charge in [-0.25, -0.2) is 0 Å². The molecule has 0 saturated carbocycles. The first-order valence-corrected chi connectivity index (χ1v) is 4.61. The minimum absolute atomic E-state index is 0.737. The molecule has 14 heavy (non-hydrogen) atoms. The van der Waals surface area contributed by atoms with Crippen LogP contribution in [0.5, 0.6) is 0 Å². The molecule has 1 aromatic carbocycles. The quantitative estimate of drug-likeness (QED) is 0.575. The number of aliphatic hydroxyl groups excluding tert-OH is 1. The first-order valence-electron chi connectivity index (χ1n) is 4.61. The summed E-state index contributed by atoms with van der Waals surface area (Å²) >= 11 is 0. The van der Waals surface area contributed by atoms with Crippen molar-refractivity contribution in [1.82, 2.24) is 0 Å². The molecular formula is C11H14N2O. The minimum Gasteiger partial charge on any atom is -0.371 e. The largest absolute Gasteiger partial charge is 0.371 e. The second kappa shape index (κ2) is 3.12. The minimum atomic E-state index is -0.762.